The maximum atomic E-state index is 11.6. The molecule has 4 heteroatoms. The lowest BCUT2D eigenvalue weighted by atomic mass is 10.3. The van der Waals surface area contributed by atoms with Crippen LogP contribution in [0, 0.1) is 5.92 Å². The van der Waals surface area contributed by atoms with Gasteiger partial charge in [-0.05, 0) is 49.8 Å². The van der Waals surface area contributed by atoms with Crippen LogP contribution in [0.5, 0.6) is 0 Å². The lowest BCUT2D eigenvalue weighted by Gasteiger charge is -2.07. The van der Waals surface area contributed by atoms with Crippen molar-refractivity contribution in [1.82, 2.24) is 5.32 Å². The van der Waals surface area contributed by atoms with Crippen molar-refractivity contribution in [1.29, 1.82) is 0 Å². The summed E-state index contributed by atoms with van der Waals surface area (Å²) in [7, 11) is 0. The lowest BCUT2D eigenvalue weighted by molar-refractivity contribution is -0.115. The molecule has 1 aromatic carbocycles. The van der Waals surface area contributed by atoms with Crippen LogP contribution in [0.1, 0.15) is 12.8 Å². The standard InChI is InChI=1S/C13H18N2OS/c1-17-12-4-2-3-11(7-12)15-13(16)9-14-8-10-5-6-10/h2-4,7,10,14H,5-6,8-9H2,1H3,(H,15,16). The zero-order valence-corrected chi connectivity index (χ0v) is 10.8. The highest BCUT2D eigenvalue weighted by Gasteiger charge is 2.20. The van der Waals surface area contributed by atoms with Crippen molar-refractivity contribution < 1.29 is 4.79 Å². The molecule has 0 saturated heterocycles. The number of hydrogen-bond acceptors (Lipinski definition) is 3. The van der Waals surface area contributed by atoms with Crippen LogP contribution in [0.3, 0.4) is 0 Å². The molecule has 0 radical (unpaired) electrons. The van der Waals surface area contributed by atoms with Gasteiger partial charge in [0.05, 0.1) is 6.54 Å². The highest BCUT2D eigenvalue weighted by molar-refractivity contribution is 7.98. The van der Waals surface area contributed by atoms with E-state index in [0.717, 1.165) is 23.0 Å². The fraction of sp³-hybridized carbons (Fsp3) is 0.462. The third-order valence-corrected chi connectivity index (χ3v) is 3.49. The topological polar surface area (TPSA) is 41.1 Å². The summed E-state index contributed by atoms with van der Waals surface area (Å²) < 4.78 is 0. The number of carbonyl (C=O) groups excluding carboxylic acids is 1. The van der Waals surface area contributed by atoms with Crippen LogP contribution in [-0.2, 0) is 4.79 Å². The quantitative estimate of drug-likeness (QED) is 0.761. The van der Waals surface area contributed by atoms with Gasteiger partial charge in [0.2, 0.25) is 5.91 Å². The summed E-state index contributed by atoms with van der Waals surface area (Å²) in [5.74, 6) is 0.839. The summed E-state index contributed by atoms with van der Waals surface area (Å²) in [6.45, 7) is 1.37. The van der Waals surface area contributed by atoms with Gasteiger partial charge < -0.3 is 10.6 Å². The molecular formula is C13H18N2OS. The SMILES string of the molecule is CSc1cccc(NC(=O)CNCC2CC2)c1. The summed E-state index contributed by atoms with van der Waals surface area (Å²) in [5, 5.41) is 6.07. The maximum absolute atomic E-state index is 11.6. The van der Waals surface area contributed by atoms with Crippen molar-refractivity contribution in [2.24, 2.45) is 5.92 Å². The molecule has 1 aromatic rings. The van der Waals surface area contributed by atoms with E-state index in [4.69, 9.17) is 0 Å². The van der Waals surface area contributed by atoms with E-state index in [-0.39, 0.29) is 5.91 Å². The Morgan fingerprint density at radius 1 is 1.47 bits per heavy atom. The van der Waals surface area contributed by atoms with E-state index >= 15 is 0 Å². The smallest absolute Gasteiger partial charge is 0.238 e. The van der Waals surface area contributed by atoms with Gasteiger partial charge in [0.25, 0.3) is 0 Å². The molecule has 0 unspecified atom stereocenters. The molecule has 3 nitrogen and oxygen atoms in total. The van der Waals surface area contributed by atoms with Gasteiger partial charge in [-0.25, -0.2) is 0 Å². The minimum atomic E-state index is 0.0314. The van der Waals surface area contributed by atoms with Crippen molar-refractivity contribution in [2.45, 2.75) is 17.7 Å². The fourth-order valence-corrected chi connectivity index (χ4v) is 2.08. The molecule has 1 aliphatic carbocycles. The first-order valence-corrected chi connectivity index (χ1v) is 7.15. The van der Waals surface area contributed by atoms with Crippen molar-refractivity contribution in [2.75, 3.05) is 24.7 Å². The van der Waals surface area contributed by atoms with Crippen molar-refractivity contribution in [3.05, 3.63) is 24.3 Å². The van der Waals surface area contributed by atoms with Crippen molar-refractivity contribution in [3.8, 4) is 0 Å². The van der Waals surface area contributed by atoms with E-state index in [1.54, 1.807) is 11.8 Å². The molecule has 0 spiro atoms. The van der Waals surface area contributed by atoms with Crippen LogP contribution in [0.15, 0.2) is 29.2 Å². The lowest BCUT2D eigenvalue weighted by Crippen LogP contribution is -2.29. The normalized spacial score (nSPS) is 14.6. The number of amides is 1. The number of hydrogen-bond donors (Lipinski definition) is 2. The second kappa shape index (κ2) is 6.07. The minimum Gasteiger partial charge on any atom is -0.325 e. The monoisotopic (exact) mass is 250 g/mol. The molecule has 1 saturated carbocycles. The zero-order valence-electron chi connectivity index (χ0n) is 10.0. The first-order valence-electron chi connectivity index (χ1n) is 5.92. The minimum absolute atomic E-state index is 0.0314. The van der Waals surface area contributed by atoms with Gasteiger partial charge in [-0.15, -0.1) is 11.8 Å². The van der Waals surface area contributed by atoms with Gasteiger partial charge in [0.1, 0.15) is 0 Å². The predicted octanol–water partition coefficient (Wildman–Crippen LogP) is 2.35. The van der Waals surface area contributed by atoms with Gasteiger partial charge >= 0.3 is 0 Å². The van der Waals surface area contributed by atoms with E-state index in [0.29, 0.717) is 6.54 Å². The molecular weight excluding hydrogens is 232 g/mol. The Kier molecular flexibility index (Phi) is 4.45. The van der Waals surface area contributed by atoms with Gasteiger partial charge in [-0.2, -0.15) is 0 Å². The van der Waals surface area contributed by atoms with E-state index in [9.17, 15) is 4.79 Å². The second-order valence-corrected chi connectivity index (χ2v) is 5.23. The number of nitrogens with one attached hydrogen (secondary N) is 2. The highest BCUT2D eigenvalue weighted by Crippen LogP contribution is 2.27. The maximum Gasteiger partial charge on any atom is 0.238 e. The van der Waals surface area contributed by atoms with Crippen LogP contribution in [-0.4, -0.2) is 25.3 Å². The Morgan fingerprint density at radius 3 is 3.00 bits per heavy atom. The summed E-state index contributed by atoms with van der Waals surface area (Å²) in [6.07, 6.45) is 4.65. The predicted molar refractivity (Wildman–Crippen MR) is 72.4 cm³/mol. The number of thioether (sulfide) groups is 1. The molecule has 17 heavy (non-hydrogen) atoms. The molecule has 92 valence electrons. The molecule has 2 N–H and O–H groups in total. The third kappa shape index (κ3) is 4.40. The molecule has 0 aliphatic heterocycles. The van der Waals surface area contributed by atoms with Crippen LogP contribution in [0.2, 0.25) is 0 Å². The van der Waals surface area contributed by atoms with Gasteiger partial charge in [0.15, 0.2) is 0 Å². The summed E-state index contributed by atoms with van der Waals surface area (Å²) in [5.41, 5.74) is 0.870. The van der Waals surface area contributed by atoms with Gasteiger partial charge in [-0.1, -0.05) is 6.07 Å². The first kappa shape index (κ1) is 12.5. The molecule has 0 atom stereocenters. The fourth-order valence-electron chi connectivity index (χ4n) is 1.62. The van der Waals surface area contributed by atoms with Crippen LogP contribution in [0.4, 0.5) is 5.69 Å². The van der Waals surface area contributed by atoms with Crippen LogP contribution in [0.25, 0.3) is 0 Å². The molecule has 2 rings (SSSR count). The Labute approximate surface area is 106 Å². The van der Waals surface area contributed by atoms with Gasteiger partial charge in [-0.3, -0.25) is 4.79 Å². The first-order chi connectivity index (χ1) is 8.28. The third-order valence-electron chi connectivity index (χ3n) is 2.77. The van der Waals surface area contributed by atoms with E-state index in [1.165, 1.54) is 12.8 Å². The van der Waals surface area contributed by atoms with Crippen molar-refractivity contribution in [3.63, 3.8) is 0 Å². The Morgan fingerprint density at radius 2 is 2.29 bits per heavy atom. The average Bonchev–Trinajstić information content (AvgIpc) is 3.13. The molecule has 1 amide bonds. The molecule has 1 fully saturated rings. The Balaban J connectivity index is 1.75. The molecule has 0 bridgehead atoms. The van der Waals surface area contributed by atoms with Gasteiger partial charge in [0, 0.05) is 10.6 Å². The molecule has 1 aliphatic rings. The number of rotatable bonds is 6. The second-order valence-electron chi connectivity index (χ2n) is 4.35. The summed E-state index contributed by atoms with van der Waals surface area (Å²) >= 11 is 1.67. The number of anilines is 1. The molecule has 0 heterocycles. The Bertz CT molecular complexity index is 391. The number of carbonyl (C=O) groups is 1. The Hall–Kier alpha value is -1.00. The molecule has 0 aromatic heterocycles. The highest BCUT2D eigenvalue weighted by atomic mass is 32.2. The average molecular weight is 250 g/mol. The van der Waals surface area contributed by atoms with E-state index in [2.05, 4.69) is 10.6 Å². The largest absolute Gasteiger partial charge is 0.325 e. The van der Waals surface area contributed by atoms with Crippen LogP contribution < -0.4 is 10.6 Å². The van der Waals surface area contributed by atoms with Crippen LogP contribution >= 0.6 is 11.8 Å². The van der Waals surface area contributed by atoms with E-state index < -0.39 is 0 Å². The zero-order chi connectivity index (χ0) is 12.1. The number of benzene rings is 1. The van der Waals surface area contributed by atoms with Crippen molar-refractivity contribution >= 4 is 23.4 Å². The summed E-state index contributed by atoms with van der Waals surface area (Å²) in [6, 6.07) is 7.90. The van der Waals surface area contributed by atoms with E-state index in [1.807, 2.05) is 30.5 Å². The summed E-state index contributed by atoms with van der Waals surface area (Å²) in [4.78, 5) is 12.8.